The highest BCUT2D eigenvalue weighted by Crippen LogP contribution is 2.22. The molecule has 6 nitrogen and oxygen atoms in total. The molecular formula is C20H20N4O2. The first-order valence-corrected chi connectivity index (χ1v) is 8.72. The molecule has 1 aliphatic rings. The zero-order valence-electron chi connectivity index (χ0n) is 14.4. The van der Waals surface area contributed by atoms with Crippen molar-refractivity contribution >= 4 is 11.7 Å². The molecule has 0 atom stereocenters. The van der Waals surface area contributed by atoms with Crippen LogP contribution in [0.5, 0.6) is 0 Å². The first kappa shape index (κ1) is 16.3. The molecule has 2 aromatic heterocycles. The van der Waals surface area contributed by atoms with Crippen LogP contribution in [0.1, 0.15) is 33.4 Å². The molecule has 4 rings (SSSR count). The van der Waals surface area contributed by atoms with Gasteiger partial charge in [-0.1, -0.05) is 36.4 Å². The Morgan fingerprint density at radius 3 is 2.73 bits per heavy atom. The van der Waals surface area contributed by atoms with E-state index in [4.69, 9.17) is 10.2 Å². The lowest BCUT2D eigenvalue weighted by Gasteiger charge is -2.25. The van der Waals surface area contributed by atoms with Gasteiger partial charge in [0, 0.05) is 19.4 Å². The molecule has 0 unspecified atom stereocenters. The molecule has 0 fully saturated rings. The van der Waals surface area contributed by atoms with Crippen LogP contribution in [0.25, 0.3) is 0 Å². The van der Waals surface area contributed by atoms with Crippen molar-refractivity contribution in [3.63, 3.8) is 0 Å². The summed E-state index contributed by atoms with van der Waals surface area (Å²) in [6.07, 6.45) is 2.31. The Labute approximate surface area is 151 Å². The number of nitrogen functional groups attached to an aromatic ring is 1. The minimum absolute atomic E-state index is 0.128. The summed E-state index contributed by atoms with van der Waals surface area (Å²) < 4.78 is 5.90. The Morgan fingerprint density at radius 2 is 1.92 bits per heavy atom. The van der Waals surface area contributed by atoms with Crippen LogP contribution < -0.4 is 5.73 Å². The van der Waals surface area contributed by atoms with Crippen LogP contribution in [0.15, 0.2) is 52.9 Å². The highest BCUT2D eigenvalue weighted by atomic mass is 16.4. The first-order chi connectivity index (χ1) is 12.7. The number of carbonyl (C=O) groups is 1. The van der Waals surface area contributed by atoms with E-state index in [9.17, 15) is 4.79 Å². The number of carbonyl (C=O) groups excluding carboxylic acids is 1. The normalized spacial score (nSPS) is 13.5. The van der Waals surface area contributed by atoms with Crippen molar-refractivity contribution in [2.75, 3.05) is 12.3 Å². The Morgan fingerprint density at radius 1 is 1.08 bits per heavy atom. The molecule has 26 heavy (non-hydrogen) atoms. The Bertz CT molecular complexity index is 921. The van der Waals surface area contributed by atoms with E-state index >= 15 is 0 Å². The molecule has 3 aromatic rings. The van der Waals surface area contributed by atoms with Gasteiger partial charge in [0.2, 0.25) is 0 Å². The van der Waals surface area contributed by atoms with Gasteiger partial charge in [0.05, 0.1) is 6.54 Å². The minimum Gasteiger partial charge on any atom is -0.445 e. The van der Waals surface area contributed by atoms with Gasteiger partial charge in [-0.25, -0.2) is 9.97 Å². The molecule has 0 spiro atoms. The van der Waals surface area contributed by atoms with Crippen molar-refractivity contribution in [1.82, 2.24) is 14.9 Å². The van der Waals surface area contributed by atoms with E-state index in [0.717, 1.165) is 30.2 Å². The maximum absolute atomic E-state index is 12.6. The number of hydrogen-bond acceptors (Lipinski definition) is 5. The first-order valence-electron chi connectivity index (χ1n) is 8.72. The van der Waals surface area contributed by atoms with Crippen molar-refractivity contribution in [2.45, 2.75) is 25.8 Å². The number of hydrogen-bond donors (Lipinski definition) is 1. The molecule has 132 valence electrons. The maximum atomic E-state index is 12.6. The molecule has 1 aromatic carbocycles. The number of aromatic nitrogens is 2. The summed E-state index contributed by atoms with van der Waals surface area (Å²) in [7, 11) is 0. The van der Waals surface area contributed by atoms with E-state index in [1.807, 2.05) is 18.2 Å². The molecule has 0 saturated heterocycles. The molecular weight excluding hydrogens is 328 g/mol. The lowest BCUT2D eigenvalue weighted by atomic mass is 10.1. The summed E-state index contributed by atoms with van der Waals surface area (Å²) in [6.45, 7) is 1.04. The SMILES string of the molecule is Nc1cccc(C(=O)N2CCc3oc(CCc4ccccc4)nc3C2)n1. The van der Waals surface area contributed by atoms with Crippen molar-refractivity contribution < 1.29 is 9.21 Å². The zero-order chi connectivity index (χ0) is 17.9. The van der Waals surface area contributed by atoms with E-state index in [-0.39, 0.29) is 5.91 Å². The molecule has 1 amide bonds. The fourth-order valence-electron chi connectivity index (χ4n) is 3.16. The van der Waals surface area contributed by atoms with Crippen LogP contribution in [0.3, 0.4) is 0 Å². The fraction of sp³-hybridized carbons (Fsp3) is 0.250. The number of nitrogens with zero attached hydrogens (tertiary/aromatic N) is 3. The van der Waals surface area contributed by atoms with E-state index in [1.54, 1.807) is 23.1 Å². The molecule has 2 N–H and O–H groups in total. The van der Waals surface area contributed by atoms with Crippen molar-refractivity contribution in [2.24, 2.45) is 0 Å². The second-order valence-electron chi connectivity index (χ2n) is 6.39. The number of nitrogens with two attached hydrogens (primary N) is 1. The summed E-state index contributed by atoms with van der Waals surface area (Å²) in [5.74, 6) is 1.84. The number of oxazole rings is 1. The van der Waals surface area contributed by atoms with Gasteiger partial charge in [0.1, 0.15) is 23.0 Å². The average Bonchev–Trinajstić information content (AvgIpc) is 3.08. The second-order valence-corrected chi connectivity index (χ2v) is 6.39. The third-order valence-corrected chi connectivity index (χ3v) is 4.52. The highest BCUT2D eigenvalue weighted by Gasteiger charge is 2.26. The third kappa shape index (κ3) is 3.44. The van der Waals surface area contributed by atoms with Gasteiger partial charge >= 0.3 is 0 Å². The second kappa shape index (κ2) is 7.00. The number of fused-ring (bicyclic) bond motifs is 1. The topological polar surface area (TPSA) is 85.3 Å². The van der Waals surface area contributed by atoms with Crippen molar-refractivity contribution in [3.8, 4) is 0 Å². The lowest BCUT2D eigenvalue weighted by molar-refractivity contribution is 0.0722. The fourth-order valence-corrected chi connectivity index (χ4v) is 3.16. The van der Waals surface area contributed by atoms with E-state index in [0.29, 0.717) is 31.0 Å². The number of anilines is 1. The highest BCUT2D eigenvalue weighted by molar-refractivity contribution is 5.92. The number of benzene rings is 1. The molecule has 1 aliphatic heterocycles. The summed E-state index contributed by atoms with van der Waals surface area (Å²) in [5.41, 5.74) is 8.14. The zero-order valence-corrected chi connectivity index (χ0v) is 14.4. The van der Waals surface area contributed by atoms with Crippen LogP contribution in [0.4, 0.5) is 5.82 Å². The maximum Gasteiger partial charge on any atom is 0.272 e. The van der Waals surface area contributed by atoms with Crippen LogP contribution in [0.2, 0.25) is 0 Å². The lowest BCUT2D eigenvalue weighted by Crippen LogP contribution is -2.36. The molecule has 0 saturated carbocycles. The molecule has 0 bridgehead atoms. The van der Waals surface area contributed by atoms with E-state index in [2.05, 4.69) is 22.1 Å². The van der Waals surface area contributed by atoms with Gasteiger partial charge in [-0.05, 0) is 24.1 Å². The summed E-state index contributed by atoms with van der Waals surface area (Å²) in [5, 5.41) is 0. The average molecular weight is 348 g/mol. The molecule has 6 heteroatoms. The van der Waals surface area contributed by atoms with E-state index in [1.165, 1.54) is 5.56 Å². The van der Waals surface area contributed by atoms with E-state index < -0.39 is 0 Å². The molecule has 3 heterocycles. The van der Waals surface area contributed by atoms with Crippen LogP contribution in [-0.4, -0.2) is 27.3 Å². The smallest absolute Gasteiger partial charge is 0.272 e. The van der Waals surface area contributed by atoms with Gasteiger partial charge in [0.15, 0.2) is 5.89 Å². The minimum atomic E-state index is -0.128. The summed E-state index contributed by atoms with van der Waals surface area (Å²) in [6, 6.07) is 15.4. The van der Waals surface area contributed by atoms with Crippen LogP contribution in [-0.2, 0) is 25.8 Å². The Kier molecular flexibility index (Phi) is 4.39. The number of amides is 1. The number of pyridine rings is 1. The molecule has 0 radical (unpaired) electrons. The van der Waals surface area contributed by atoms with Crippen molar-refractivity contribution in [1.29, 1.82) is 0 Å². The molecule has 0 aliphatic carbocycles. The van der Waals surface area contributed by atoms with Gasteiger partial charge in [-0.2, -0.15) is 0 Å². The number of aryl methyl sites for hydroxylation is 2. The standard InChI is InChI=1S/C20H20N4O2/c21-18-8-4-7-15(22-18)20(25)24-12-11-17-16(13-24)23-19(26-17)10-9-14-5-2-1-3-6-14/h1-8H,9-13H2,(H2,21,22). The number of rotatable bonds is 4. The predicted molar refractivity (Wildman–Crippen MR) is 97.4 cm³/mol. The largest absolute Gasteiger partial charge is 0.445 e. The third-order valence-electron chi connectivity index (χ3n) is 4.52. The van der Waals surface area contributed by atoms with Crippen LogP contribution in [0, 0.1) is 0 Å². The predicted octanol–water partition coefficient (Wildman–Crippen LogP) is 2.64. The van der Waals surface area contributed by atoms with Crippen LogP contribution >= 0.6 is 0 Å². The van der Waals surface area contributed by atoms with Crippen molar-refractivity contribution in [3.05, 3.63) is 77.1 Å². The van der Waals surface area contributed by atoms with Gasteiger partial charge in [-0.15, -0.1) is 0 Å². The quantitative estimate of drug-likeness (QED) is 0.783. The Hall–Kier alpha value is -3.15. The summed E-state index contributed by atoms with van der Waals surface area (Å²) in [4.78, 5) is 23.1. The van der Waals surface area contributed by atoms with Gasteiger partial charge in [-0.3, -0.25) is 4.79 Å². The monoisotopic (exact) mass is 348 g/mol. The van der Waals surface area contributed by atoms with Gasteiger partial charge < -0.3 is 15.1 Å². The Balaban J connectivity index is 1.44. The summed E-state index contributed by atoms with van der Waals surface area (Å²) >= 11 is 0. The van der Waals surface area contributed by atoms with Gasteiger partial charge in [0.25, 0.3) is 5.91 Å².